The number of nitrogens with zero attached hydrogens (tertiary/aromatic N) is 3. The minimum atomic E-state index is -0.672. The topological polar surface area (TPSA) is 78.4 Å². The molecule has 2 N–H and O–H groups in total. The molecule has 6 rings (SSSR count). The number of hydrogen-bond acceptors (Lipinski definition) is 6. The monoisotopic (exact) mass is 494 g/mol. The summed E-state index contributed by atoms with van der Waals surface area (Å²) in [7, 11) is 0. The molecule has 1 amide bonds. The number of hydrogen-bond donors (Lipinski definition) is 2. The van der Waals surface area contributed by atoms with E-state index in [2.05, 4.69) is 51.7 Å². The Balaban J connectivity index is 1.22. The molecule has 6 nitrogen and oxygen atoms in total. The molecule has 0 bridgehead atoms. The average molecular weight is 495 g/mol. The van der Waals surface area contributed by atoms with Crippen molar-refractivity contribution >= 4 is 49.7 Å². The van der Waals surface area contributed by atoms with Crippen molar-refractivity contribution in [3.05, 3.63) is 84.0 Å². The van der Waals surface area contributed by atoms with Crippen LogP contribution in [0.25, 0.3) is 32.2 Å². The average Bonchev–Trinajstić information content (AvgIpc) is 3.36. The van der Waals surface area contributed by atoms with Gasteiger partial charge >= 0.3 is 0 Å². The lowest BCUT2D eigenvalue weighted by molar-refractivity contribution is -0.00202. The number of amides is 1. The molecule has 1 fully saturated rings. The molecule has 36 heavy (non-hydrogen) atoms. The van der Waals surface area contributed by atoms with Crippen LogP contribution in [-0.2, 0) is 0 Å². The van der Waals surface area contributed by atoms with Crippen molar-refractivity contribution in [1.82, 2.24) is 14.9 Å². The van der Waals surface area contributed by atoms with Crippen molar-refractivity contribution in [2.24, 2.45) is 0 Å². The van der Waals surface area contributed by atoms with Gasteiger partial charge in [0.05, 0.1) is 26.8 Å². The molecule has 5 aromatic rings. The molecular formula is C29H26N4O2S. The van der Waals surface area contributed by atoms with Crippen LogP contribution in [0.1, 0.15) is 30.1 Å². The van der Waals surface area contributed by atoms with Crippen molar-refractivity contribution in [2.75, 3.05) is 18.4 Å². The van der Waals surface area contributed by atoms with Crippen molar-refractivity contribution < 1.29 is 9.90 Å². The van der Waals surface area contributed by atoms with Crippen molar-refractivity contribution in [2.45, 2.75) is 25.4 Å². The van der Waals surface area contributed by atoms with Gasteiger partial charge < -0.3 is 15.3 Å². The maximum Gasteiger partial charge on any atom is 0.253 e. The number of thiazole rings is 1. The molecular weight excluding hydrogens is 468 g/mol. The van der Waals surface area contributed by atoms with E-state index in [1.165, 1.54) is 4.70 Å². The Morgan fingerprint density at radius 1 is 0.944 bits per heavy atom. The van der Waals surface area contributed by atoms with Crippen LogP contribution >= 0.6 is 11.3 Å². The van der Waals surface area contributed by atoms with Crippen LogP contribution in [0, 0.1) is 0 Å². The number of pyridine rings is 1. The quantitative estimate of drug-likeness (QED) is 0.309. The van der Waals surface area contributed by atoms with Crippen molar-refractivity contribution in [3.8, 4) is 11.1 Å². The summed E-state index contributed by atoms with van der Waals surface area (Å²) in [4.78, 5) is 23.7. The van der Waals surface area contributed by atoms with E-state index >= 15 is 0 Å². The van der Waals surface area contributed by atoms with E-state index in [-0.39, 0.29) is 5.91 Å². The van der Waals surface area contributed by atoms with Gasteiger partial charge in [-0.15, -0.1) is 11.3 Å². The highest BCUT2D eigenvalue weighted by Gasteiger charge is 2.29. The zero-order valence-corrected chi connectivity index (χ0v) is 20.8. The molecule has 0 saturated carbocycles. The second-order valence-corrected chi connectivity index (χ2v) is 10.5. The van der Waals surface area contributed by atoms with E-state index in [0.717, 1.165) is 38.9 Å². The Morgan fingerprint density at radius 2 is 1.72 bits per heavy atom. The number of rotatable bonds is 4. The Hall–Kier alpha value is -3.81. The first-order chi connectivity index (χ1) is 17.4. The molecule has 0 unspecified atom stereocenters. The number of fused-ring (bicyclic) bond motifs is 2. The zero-order valence-electron chi connectivity index (χ0n) is 19.9. The SMILES string of the molecule is CC1(O)CCN(C(=O)c2ccc(-c3ccc4c(Nc5ccc6scnc6c5)ccnc4c3)cc2)CC1. The molecule has 1 aliphatic rings. The minimum Gasteiger partial charge on any atom is -0.390 e. The number of piperidine rings is 1. The van der Waals surface area contributed by atoms with Crippen LogP contribution in [0.3, 0.4) is 0 Å². The molecule has 0 aliphatic carbocycles. The van der Waals surface area contributed by atoms with Crippen LogP contribution in [0.15, 0.2) is 78.4 Å². The third-order valence-corrected chi connectivity index (χ3v) is 7.76. The van der Waals surface area contributed by atoms with E-state index in [4.69, 9.17) is 0 Å². The van der Waals surface area contributed by atoms with E-state index < -0.39 is 5.60 Å². The summed E-state index contributed by atoms with van der Waals surface area (Å²) in [5.74, 6) is 0.0174. The van der Waals surface area contributed by atoms with E-state index in [1.807, 2.05) is 53.9 Å². The third-order valence-electron chi connectivity index (χ3n) is 6.95. The van der Waals surface area contributed by atoms with Gasteiger partial charge in [-0.1, -0.05) is 24.3 Å². The summed E-state index contributed by atoms with van der Waals surface area (Å²) < 4.78 is 1.17. The maximum atomic E-state index is 12.9. The van der Waals surface area contributed by atoms with E-state index in [0.29, 0.717) is 31.5 Å². The van der Waals surface area contributed by atoms with Crippen LogP contribution in [-0.4, -0.2) is 44.6 Å². The highest BCUT2D eigenvalue weighted by molar-refractivity contribution is 7.16. The van der Waals surface area contributed by atoms with Gasteiger partial charge in [-0.05, 0) is 73.4 Å². The lowest BCUT2D eigenvalue weighted by Gasteiger charge is -2.35. The normalized spacial score (nSPS) is 15.3. The predicted molar refractivity (Wildman–Crippen MR) is 146 cm³/mol. The van der Waals surface area contributed by atoms with Gasteiger partial charge in [-0.2, -0.15) is 0 Å². The second kappa shape index (κ2) is 9.00. The highest BCUT2D eigenvalue weighted by atomic mass is 32.1. The van der Waals surface area contributed by atoms with Gasteiger partial charge in [0.2, 0.25) is 0 Å². The molecule has 0 spiro atoms. The minimum absolute atomic E-state index is 0.0174. The van der Waals surface area contributed by atoms with Crippen LogP contribution in [0.4, 0.5) is 11.4 Å². The first kappa shape index (κ1) is 22.6. The molecule has 180 valence electrons. The fourth-order valence-electron chi connectivity index (χ4n) is 4.71. The van der Waals surface area contributed by atoms with Gasteiger partial charge in [0.25, 0.3) is 5.91 Å². The molecule has 0 radical (unpaired) electrons. The van der Waals surface area contributed by atoms with Gasteiger partial charge in [0.1, 0.15) is 0 Å². The summed E-state index contributed by atoms with van der Waals surface area (Å²) in [6.45, 7) is 3.00. The van der Waals surface area contributed by atoms with Crippen molar-refractivity contribution in [1.29, 1.82) is 0 Å². The van der Waals surface area contributed by atoms with Gasteiger partial charge in [-0.3, -0.25) is 9.78 Å². The fourth-order valence-corrected chi connectivity index (χ4v) is 5.37. The molecule has 0 atom stereocenters. The molecule has 2 aromatic heterocycles. The summed E-state index contributed by atoms with van der Waals surface area (Å²) >= 11 is 1.63. The van der Waals surface area contributed by atoms with Crippen molar-refractivity contribution in [3.63, 3.8) is 0 Å². The smallest absolute Gasteiger partial charge is 0.253 e. The lowest BCUT2D eigenvalue weighted by atomic mass is 9.93. The standard InChI is InChI=1S/C29H26N4O2S/c1-29(35)11-14-33(15-12-29)28(34)20-4-2-19(3-5-20)21-6-8-23-24(10-13-30-25(23)16-21)32-22-7-9-27-26(17-22)31-18-36-27/h2-10,13,16-18,35H,11-12,14-15H2,1H3,(H,30,32). The number of aromatic nitrogens is 2. The number of carbonyl (C=O) groups excluding carboxylic acids is 1. The fraction of sp³-hybridized carbons (Fsp3) is 0.207. The number of nitrogens with one attached hydrogen (secondary N) is 1. The highest BCUT2D eigenvalue weighted by Crippen LogP contribution is 2.31. The number of carbonyl (C=O) groups is 1. The summed E-state index contributed by atoms with van der Waals surface area (Å²) in [5, 5.41) is 14.7. The first-order valence-electron chi connectivity index (χ1n) is 12.1. The summed E-state index contributed by atoms with van der Waals surface area (Å²) in [6.07, 6.45) is 3.03. The van der Waals surface area contributed by atoms with Gasteiger partial charge in [0, 0.05) is 41.6 Å². The number of aliphatic hydroxyl groups is 1. The second-order valence-electron chi connectivity index (χ2n) is 9.62. The number of benzene rings is 3. The van der Waals surface area contributed by atoms with E-state index in [1.54, 1.807) is 11.3 Å². The predicted octanol–water partition coefficient (Wildman–Crippen LogP) is 6.24. The Labute approximate surface area is 213 Å². The van der Waals surface area contributed by atoms with Crippen LogP contribution in [0.5, 0.6) is 0 Å². The van der Waals surface area contributed by atoms with Gasteiger partial charge in [-0.25, -0.2) is 4.98 Å². The Morgan fingerprint density at radius 3 is 2.53 bits per heavy atom. The number of likely N-dealkylation sites (tertiary alicyclic amines) is 1. The molecule has 1 aliphatic heterocycles. The van der Waals surface area contributed by atoms with Crippen LogP contribution < -0.4 is 5.32 Å². The molecule has 3 heterocycles. The largest absolute Gasteiger partial charge is 0.390 e. The van der Waals surface area contributed by atoms with E-state index in [9.17, 15) is 9.90 Å². The lowest BCUT2D eigenvalue weighted by Crippen LogP contribution is -2.45. The number of anilines is 2. The molecule has 7 heteroatoms. The first-order valence-corrected chi connectivity index (χ1v) is 12.9. The van der Waals surface area contributed by atoms with Crippen LogP contribution in [0.2, 0.25) is 0 Å². The molecule has 3 aromatic carbocycles. The van der Waals surface area contributed by atoms with Gasteiger partial charge in [0.15, 0.2) is 0 Å². The summed E-state index contributed by atoms with van der Waals surface area (Å²) in [5.41, 5.74) is 7.79. The zero-order chi connectivity index (χ0) is 24.7. The maximum absolute atomic E-state index is 12.9. The Bertz CT molecular complexity index is 1570. The molecule has 1 saturated heterocycles. The summed E-state index contributed by atoms with van der Waals surface area (Å²) in [6, 6.07) is 22.2. The third kappa shape index (κ3) is 4.43. The Kier molecular flexibility index (Phi) is 5.66.